The molecule has 0 aliphatic heterocycles. The molecule has 0 bridgehead atoms. The second-order valence-corrected chi connectivity index (χ2v) is 5.80. The van der Waals surface area contributed by atoms with Crippen molar-refractivity contribution in [3.63, 3.8) is 0 Å². The van der Waals surface area contributed by atoms with Gasteiger partial charge in [-0.05, 0) is 43.0 Å². The first-order valence-corrected chi connectivity index (χ1v) is 7.47. The fourth-order valence-corrected chi connectivity index (χ4v) is 3.50. The van der Waals surface area contributed by atoms with Crippen LogP contribution in [0.15, 0.2) is 38.9 Å². The minimum atomic E-state index is 0.592. The van der Waals surface area contributed by atoms with Crippen LogP contribution >= 0.6 is 11.8 Å². The highest BCUT2D eigenvalue weighted by atomic mass is 32.2. The van der Waals surface area contributed by atoms with Gasteiger partial charge in [0.2, 0.25) is 0 Å². The van der Waals surface area contributed by atoms with Gasteiger partial charge in [0.1, 0.15) is 0 Å². The first kappa shape index (κ1) is 12.7. The van der Waals surface area contributed by atoms with E-state index < -0.39 is 0 Å². The van der Waals surface area contributed by atoms with E-state index in [2.05, 4.69) is 40.8 Å². The zero-order valence-electron chi connectivity index (χ0n) is 10.9. The molecule has 1 aliphatic carbocycles. The number of aryl methyl sites for hydroxylation is 1. The molecule has 0 radical (unpaired) electrons. The van der Waals surface area contributed by atoms with Gasteiger partial charge < -0.3 is 9.84 Å². The van der Waals surface area contributed by atoms with Crippen molar-refractivity contribution in [3.8, 4) is 0 Å². The summed E-state index contributed by atoms with van der Waals surface area (Å²) in [6.07, 6.45) is 5.06. The number of likely N-dealkylation sites (N-methyl/N-ethyl adjacent to an activating group) is 1. The molecule has 3 rings (SSSR count). The summed E-state index contributed by atoms with van der Waals surface area (Å²) in [7, 11) is 0. The van der Waals surface area contributed by atoms with Crippen molar-refractivity contribution in [2.75, 3.05) is 6.54 Å². The summed E-state index contributed by atoms with van der Waals surface area (Å²) < 4.78 is 4.80. The second kappa shape index (κ2) is 5.75. The van der Waals surface area contributed by atoms with E-state index in [1.165, 1.54) is 22.4 Å². The van der Waals surface area contributed by atoms with Gasteiger partial charge in [-0.3, -0.25) is 0 Å². The molecule has 100 valence electrons. The molecule has 0 amide bonds. The Balaban J connectivity index is 1.85. The van der Waals surface area contributed by atoms with Gasteiger partial charge in [0.15, 0.2) is 11.3 Å². The van der Waals surface area contributed by atoms with Gasteiger partial charge in [-0.15, -0.1) is 5.10 Å². The lowest BCUT2D eigenvalue weighted by Gasteiger charge is -2.26. The standard InChI is InChI=1S/C14H17N3OS/c1-2-15-11-7-6-10-4-3-5-13(12(10)8-11)19-14-9-18-17-16-14/h3-5,9,11,15H,2,6-8H2,1H3. The molecule has 1 N–H and O–H groups in total. The SMILES string of the molecule is CCNC1CCc2cccc(Sc3conn3)c2C1. The van der Waals surface area contributed by atoms with Crippen LogP contribution in [0.2, 0.25) is 0 Å². The normalized spacial score (nSPS) is 18.3. The quantitative estimate of drug-likeness (QED) is 0.929. The van der Waals surface area contributed by atoms with Crippen LogP contribution < -0.4 is 5.32 Å². The van der Waals surface area contributed by atoms with E-state index >= 15 is 0 Å². The van der Waals surface area contributed by atoms with Crippen molar-refractivity contribution in [1.82, 2.24) is 15.7 Å². The van der Waals surface area contributed by atoms with Gasteiger partial charge in [-0.2, -0.15) is 0 Å². The van der Waals surface area contributed by atoms with Crippen LogP contribution in [0.5, 0.6) is 0 Å². The molecule has 4 nitrogen and oxygen atoms in total. The molecular formula is C14H17N3OS. The Bertz CT molecular complexity index is 542. The van der Waals surface area contributed by atoms with E-state index in [9.17, 15) is 0 Å². The Morgan fingerprint density at radius 3 is 3.21 bits per heavy atom. The second-order valence-electron chi connectivity index (χ2n) is 4.74. The van der Waals surface area contributed by atoms with Crippen LogP contribution in [0.1, 0.15) is 24.5 Å². The molecule has 0 saturated carbocycles. The lowest BCUT2D eigenvalue weighted by atomic mass is 9.88. The zero-order chi connectivity index (χ0) is 13.1. The van der Waals surface area contributed by atoms with E-state index in [1.807, 2.05) is 0 Å². The molecule has 0 spiro atoms. The highest BCUT2D eigenvalue weighted by molar-refractivity contribution is 7.99. The van der Waals surface area contributed by atoms with Crippen molar-refractivity contribution >= 4 is 11.8 Å². The third kappa shape index (κ3) is 2.82. The topological polar surface area (TPSA) is 51.0 Å². The third-order valence-corrected chi connectivity index (χ3v) is 4.48. The lowest BCUT2D eigenvalue weighted by molar-refractivity contribution is 0.392. The van der Waals surface area contributed by atoms with Crippen LogP contribution in [0, 0.1) is 0 Å². The Morgan fingerprint density at radius 2 is 2.42 bits per heavy atom. The summed E-state index contributed by atoms with van der Waals surface area (Å²) in [5, 5.41) is 11.8. The van der Waals surface area contributed by atoms with Crippen LogP contribution in [0.3, 0.4) is 0 Å². The summed E-state index contributed by atoms with van der Waals surface area (Å²) >= 11 is 1.63. The Hall–Kier alpha value is -1.33. The number of hydrogen-bond acceptors (Lipinski definition) is 5. The molecule has 1 atom stereocenters. The predicted octanol–water partition coefficient (Wildman–Crippen LogP) is 2.69. The first-order chi connectivity index (χ1) is 9.36. The maximum absolute atomic E-state index is 4.80. The van der Waals surface area contributed by atoms with E-state index in [0.717, 1.165) is 24.4 Å². The van der Waals surface area contributed by atoms with E-state index in [-0.39, 0.29) is 0 Å². The number of hydrogen-bond donors (Lipinski definition) is 1. The Morgan fingerprint density at radius 1 is 1.47 bits per heavy atom. The molecule has 1 aliphatic rings. The highest BCUT2D eigenvalue weighted by Crippen LogP contribution is 2.34. The Kier molecular flexibility index (Phi) is 3.84. The third-order valence-electron chi connectivity index (χ3n) is 3.49. The van der Waals surface area contributed by atoms with Crippen molar-refractivity contribution in [1.29, 1.82) is 0 Å². The fourth-order valence-electron chi connectivity index (χ4n) is 2.63. The number of nitrogens with zero attached hydrogens (tertiary/aromatic N) is 2. The minimum absolute atomic E-state index is 0.592. The number of rotatable bonds is 4. The van der Waals surface area contributed by atoms with Crippen molar-refractivity contribution < 1.29 is 4.52 Å². The molecule has 0 saturated heterocycles. The molecule has 1 unspecified atom stereocenters. The molecule has 1 aromatic carbocycles. The predicted molar refractivity (Wildman–Crippen MR) is 74.4 cm³/mol. The van der Waals surface area contributed by atoms with Gasteiger partial charge in [-0.25, -0.2) is 0 Å². The van der Waals surface area contributed by atoms with Crippen molar-refractivity contribution in [3.05, 3.63) is 35.6 Å². The van der Waals surface area contributed by atoms with Crippen molar-refractivity contribution in [2.45, 2.75) is 42.1 Å². The summed E-state index contributed by atoms with van der Waals surface area (Å²) in [6.45, 7) is 3.19. The van der Waals surface area contributed by atoms with Gasteiger partial charge in [-0.1, -0.05) is 30.8 Å². The maximum Gasteiger partial charge on any atom is 0.165 e. The average Bonchev–Trinajstić information content (AvgIpc) is 2.93. The largest absolute Gasteiger partial charge is 0.344 e. The molecule has 5 heteroatoms. The van der Waals surface area contributed by atoms with Crippen molar-refractivity contribution in [2.24, 2.45) is 0 Å². The van der Waals surface area contributed by atoms with Crippen LogP contribution in [-0.2, 0) is 12.8 Å². The van der Waals surface area contributed by atoms with E-state index in [4.69, 9.17) is 4.52 Å². The number of aromatic nitrogens is 2. The summed E-state index contributed by atoms with van der Waals surface area (Å²) in [4.78, 5) is 1.27. The van der Waals surface area contributed by atoms with Crippen LogP contribution in [0.25, 0.3) is 0 Å². The minimum Gasteiger partial charge on any atom is -0.344 e. The van der Waals surface area contributed by atoms with E-state index in [1.54, 1.807) is 18.0 Å². The van der Waals surface area contributed by atoms with Crippen LogP contribution in [0.4, 0.5) is 0 Å². The molecule has 0 fully saturated rings. The number of benzene rings is 1. The summed E-state index contributed by atoms with van der Waals surface area (Å²) in [5.74, 6) is 0. The van der Waals surface area contributed by atoms with Gasteiger partial charge in [0.25, 0.3) is 0 Å². The first-order valence-electron chi connectivity index (χ1n) is 6.66. The van der Waals surface area contributed by atoms with Gasteiger partial charge in [0.05, 0.1) is 0 Å². The molecule has 19 heavy (non-hydrogen) atoms. The zero-order valence-corrected chi connectivity index (χ0v) is 11.7. The summed E-state index contributed by atoms with van der Waals surface area (Å²) in [5.41, 5.74) is 2.92. The summed E-state index contributed by atoms with van der Waals surface area (Å²) in [6, 6.07) is 7.12. The van der Waals surface area contributed by atoms with Gasteiger partial charge in [0, 0.05) is 16.2 Å². The molecule has 1 heterocycles. The van der Waals surface area contributed by atoms with Gasteiger partial charge >= 0.3 is 0 Å². The number of nitrogens with one attached hydrogen (secondary N) is 1. The number of fused-ring (bicyclic) bond motifs is 1. The molecule has 1 aromatic heterocycles. The smallest absolute Gasteiger partial charge is 0.165 e. The molecular weight excluding hydrogens is 258 g/mol. The molecule has 2 aromatic rings. The van der Waals surface area contributed by atoms with E-state index in [0.29, 0.717) is 6.04 Å². The lowest BCUT2D eigenvalue weighted by Crippen LogP contribution is -2.34. The monoisotopic (exact) mass is 275 g/mol. The average molecular weight is 275 g/mol. The highest BCUT2D eigenvalue weighted by Gasteiger charge is 2.20. The maximum atomic E-state index is 4.80. The van der Waals surface area contributed by atoms with Crippen LogP contribution in [-0.4, -0.2) is 23.0 Å². The Labute approximate surface area is 116 Å². The fraction of sp³-hybridized carbons (Fsp3) is 0.429.